The van der Waals surface area contributed by atoms with Gasteiger partial charge in [-0.1, -0.05) is 52.5 Å². The number of nitrogens with zero attached hydrogens (tertiary/aromatic N) is 1. The third-order valence-electron chi connectivity index (χ3n) is 4.68. The molecule has 3 aromatic rings. The number of amides is 1. The van der Waals surface area contributed by atoms with Gasteiger partial charge in [-0.2, -0.15) is 4.39 Å². The molecule has 0 aliphatic heterocycles. The van der Waals surface area contributed by atoms with Crippen LogP contribution in [0.15, 0.2) is 28.7 Å². The van der Waals surface area contributed by atoms with E-state index in [1.807, 2.05) is 6.92 Å². The largest absolute Gasteiger partial charge is 0.421 e. The van der Waals surface area contributed by atoms with Gasteiger partial charge in [0, 0.05) is 16.3 Å². The average Bonchev–Trinajstić information content (AvgIpc) is 2.74. The predicted octanol–water partition coefficient (Wildman–Crippen LogP) is 7.24. The summed E-state index contributed by atoms with van der Waals surface area (Å²) < 4.78 is 34.2. The van der Waals surface area contributed by atoms with Gasteiger partial charge in [0.25, 0.3) is 5.91 Å². The molecular formula is C22H17BrCl2F2N2O3. The lowest BCUT2D eigenvalue weighted by Crippen LogP contribution is -2.18. The summed E-state index contributed by atoms with van der Waals surface area (Å²) in [5.74, 6) is -5.03. The number of hydrogen-bond acceptors (Lipinski definition) is 4. The first-order valence-electron chi connectivity index (χ1n) is 9.58. The number of benzene rings is 2. The second kappa shape index (κ2) is 10.1. The summed E-state index contributed by atoms with van der Waals surface area (Å²) in [4.78, 5) is 29.6. The smallest absolute Gasteiger partial charge is 0.311 e. The van der Waals surface area contributed by atoms with Gasteiger partial charge < -0.3 is 10.1 Å². The van der Waals surface area contributed by atoms with Crippen molar-refractivity contribution in [2.75, 3.05) is 5.32 Å². The van der Waals surface area contributed by atoms with E-state index in [0.29, 0.717) is 39.8 Å². The van der Waals surface area contributed by atoms with Gasteiger partial charge >= 0.3 is 5.97 Å². The minimum atomic E-state index is -1.44. The molecule has 32 heavy (non-hydrogen) atoms. The fraction of sp³-hybridized carbons (Fsp3) is 0.227. The Kier molecular flexibility index (Phi) is 7.69. The molecule has 0 saturated carbocycles. The van der Waals surface area contributed by atoms with E-state index in [4.69, 9.17) is 27.9 Å². The van der Waals surface area contributed by atoms with Crippen molar-refractivity contribution in [3.63, 3.8) is 0 Å². The number of ether oxygens (including phenoxy) is 1. The van der Waals surface area contributed by atoms with Crippen LogP contribution in [0.3, 0.4) is 0 Å². The summed E-state index contributed by atoms with van der Waals surface area (Å²) in [6.07, 6.45) is 1.20. The summed E-state index contributed by atoms with van der Waals surface area (Å²) in [6, 6.07) is 5.78. The number of anilines is 1. The molecule has 1 aromatic heterocycles. The molecule has 10 heteroatoms. The predicted molar refractivity (Wildman–Crippen MR) is 124 cm³/mol. The molecule has 168 valence electrons. The van der Waals surface area contributed by atoms with Crippen molar-refractivity contribution in [3.8, 4) is 5.75 Å². The first kappa shape index (κ1) is 24.4. The molecule has 5 nitrogen and oxygen atoms in total. The van der Waals surface area contributed by atoms with Crippen LogP contribution in [-0.2, 0) is 4.79 Å². The van der Waals surface area contributed by atoms with Crippen LogP contribution in [0.2, 0.25) is 10.2 Å². The number of rotatable bonds is 6. The van der Waals surface area contributed by atoms with Crippen molar-refractivity contribution in [1.29, 1.82) is 0 Å². The molecule has 2 aromatic carbocycles. The van der Waals surface area contributed by atoms with Crippen LogP contribution >= 0.6 is 39.1 Å². The molecule has 0 saturated heterocycles. The Balaban J connectivity index is 2.09. The first-order valence-corrected chi connectivity index (χ1v) is 11.1. The molecule has 0 bridgehead atoms. The lowest BCUT2D eigenvalue weighted by molar-refractivity contribution is -0.134. The third-order valence-corrected chi connectivity index (χ3v) is 5.83. The number of carbonyl (C=O) groups excluding carboxylic acids is 2. The number of pyridine rings is 1. The quantitative estimate of drug-likeness (QED) is 0.153. The number of fused-ring (bicyclic) bond motifs is 1. The van der Waals surface area contributed by atoms with Crippen LogP contribution in [-0.4, -0.2) is 16.9 Å². The highest BCUT2D eigenvalue weighted by Crippen LogP contribution is 2.38. The third kappa shape index (κ3) is 5.03. The van der Waals surface area contributed by atoms with Gasteiger partial charge in [0.2, 0.25) is 5.82 Å². The molecule has 0 unspecified atom stereocenters. The number of unbranched alkanes of at least 4 members (excludes halogenated alkanes) is 1. The second-order valence-corrected chi connectivity index (χ2v) is 8.64. The van der Waals surface area contributed by atoms with Crippen LogP contribution in [0.5, 0.6) is 5.75 Å². The molecular weight excluding hydrogens is 529 g/mol. The second-order valence-electron chi connectivity index (χ2n) is 6.95. The minimum Gasteiger partial charge on any atom is -0.421 e. The summed E-state index contributed by atoms with van der Waals surface area (Å²) in [5.41, 5.74) is 0.618. The maximum absolute atomic E-state index is 14.5. The van der Waals surface area contributed by atoms with E-state index < -0.39 is 29.3 Å². The zero-order valence-electron chi connectivity index (χ0n) is 17.0. The van der Waals surface area contributed by atoms with Crippen LogP contribution in [0.4, 0.5) is 14.5 Å². The van der Waals surface area contributed by atoms with Crippen LogP contribution in [0.1, 0.15) is 42.1 Å². The number of esters is 1. The average molecular weight is 546 g/mol. The normalized spacial score (nSPS) is 11.0. The molecule has 0 aliphatic rings. The highest BCUT2D eigenvalue weighted by atomic mass is 79.9. The van der Waals surface area contributed by atoms with Crippen molar-refractivity contribution in [1.82, 2.24) is 4.98 Å². The van der Waals surface area contributed by atoms with Gasteiger partial charge in [0.15, 0.2) is 11.6 Å². The zero-order valence-corrected chi connectivity index (χ0v) is 20.1. The van der Waals surface area contributed by atoms with Gasteiger partial charge in [0.1, 0.15) is 10.8 Å². The molecule has 1 N–H and O–H groups in total. The van der Waals surface area contributed by atoms with Crippen LogP contribution < -0.4 is 10.1 Å². The zero-order chi connectivity index (χ0) is 23.6. The Morgan fingerprint density at radius 2 is 1.94 bits per heavy atom. The molecule has 1 amide bonds. The van der Waals surface area contributed by atoms with E-state index in [0.717, 1.165) is 0 Å². The van der Waals surface area contributed by atoms with Crippen molar-refractivity contribution in [2.45, 2.75) is 33.1 Å². The Labute approximate surface area is 201 Å². The Morgan fingerprint density at radius 1 is 1.22 bits per heavy atom. The van der Waals surface area contributed by atoms with Crippen molar-refractivity contribution >= 4 is 67.6 Å². The number of aromatic nitrogens is 1. The number of halogens is 5. The monoisotopic (exact) mass is 544 g/mol. The van der Waals surface area contributed by atoms with E-state index in [-0.39, 0.29) is 27.8 Å². The summed E-state index contributed by atoms with van der Waals surface area (Å²) >= 11 is 15.6. The van der Waals surface area contributed by atoms with Crippen molar-refractivity contribution < 1.29 is 23.1 Å². The molecule has 0 atom stereocenters. The maximum Gasteiger partial charge on any atom is 0.311 e. The highest BCUT2D eigenvalue weighted by Gasteiger charge is 2.25. The van der Waals surface area contributed by atoms with Crippen LogP contribution in [0.25, 0.3) is 10.9 Å². The Morgan fingerprint density at radius 3 is 2.62 bits per heavy atom. The topological polar surface area (TPSA) is 68.3 Å². The van der Waals surface area contributed by atoms with Gasteiger partial charge in [-0.3, -0.25) is 9.59 Å². The standard InChI is InChI=1S/C22H17BrCl2F2N2O3/c1-3-4-5-16(30)32-20-18(27)14(26)9-13(24)19(20)29-22(31)17-10(2)21(25)28-15-7-6-11(23)8-12(15)17/h6-9H,3-5H2,1-2H3,(H,29,31). The Hall–Kier alpha value is -2.29. The fourth-order valence-corrected chi connectivity index (χ4v) is 3.82. The maximum atomic E-state index is 14.5. The van der Waals surface area contributed by atoms with Gasteiger partial charge in [-0.05, 0) is 43.2 Å². The molecule has 0 aliphatic carbocycles. The SMILES string of the molecule is CCCCC(=O)Oc1c(F)c(F)cc(Cl)c1NC(=O)c1c(C)c(Cl)nc2ccc(Br)cc12. The molecule has 0 fully saturated rings. The fourth-order valence-electron chi connectivity index (χ4n) is 3.04. The van der Waals surface area contributed by atoms with E-state index >= 15 is 0 Å². The lowest BCUT2D eigenvalue weighted by Gasteiger charge is -2.16. The summed E-state index contributed by atoms with van der Waals surface area (Å²) in [7, 11) is 0. The van der Waals surface area contributed by atoms with Gasteiger partial charge in [-0.25, -0.2) is 9.37 Å². The first-order chi connectivity index (χ1) is 15.1. The molecule has 0 spiro atoms. The number of hydrogen-bond donors (Lipinski definition) is 1. The summed E-state index contributed by atoms with van der Waals surface area (Å²) in [5, 5.41) is 2.69. The minimum absolute atomic E-state index is 0.00477. The highest BCUT2D eigenvalue weighted by molar-refractivity contribution is 9.10. The van der Waals surface area contributed by atoms with Gasteiger partial charge in [-0.15, -0.1) is 0 Å². The summed E-state index contributed by atoms with van der Waals surface area (Å²) in [6.45, 7) is 3.46. The van der Waals surface area contributed by atoms with E-state index in [1.54, 1.807) is 25.1 Å². The van der Waals surface area contributed by atoms with E-state index in [1.165, 1.54) is 0 Å². The van der Waals surface area contributed by atoms with E-state index in [9.17, 15) is 18.4 Å². The molecule has 1 heterocycles. The number of nitrogens with one attached hydrogen (secondary N) is 1. The number of carbonyl (C=O) groups is 2. The molecule has 0 radical (unpaired) electrons. The van der Waals surface area contributed by atoms with E-state index in [2.05, 4.69) is 26.2 Å². The van der Waals surface area contributed by atoms with Crippen LogP contribution in [0, 0.1) is 18.6 Å². The van der Waals surface area contributed by atoms with Gasteiger partial charge in [0.05, 0.1) is 16.1 Å². The molecule has 3 rings (SSSR count). The van der Waals surface area contributed by atoms with Crippen molar-refractivity contribution in [2.24, 2.45) is 0 Å². The lowest BCUT2D eigenvalue weighted by atomic mass is 10.0. The van der Waals surface area contributed by atoms with Crippen molar-refractivity contribution in [3.05, 3.63) is 61.7 Å². The Bertz CT molecular complexity index is 1240.